The molecule has 0 unspecified atom stereocenters. The van der Waals surface area contributed by atoms with Crippen molar-refractivity contribution in [2.75, 3.05) is 59.0 Å². The van der Waals surface area contributed by atoms with E-state index in [-0.39, 0.29) is 47.1 Å². The van der Waals surface area contributed by atoms with E-state index < -0.39 is 23.8 Å². The fourth-order valence-corrected chi connectivity index (χ4v) is 8.81. The van der Waals surface area contributed by atoms with Gasteiger partial charge in [-0.2, -0.15) is 10.5 Å². The van der Waals surface area contributed by atoms with Crippen LogP contribution in [-0.4, -0.2) is 70.6 Å². The second-order valence-electron chi connectivity index (χ2n) is 17.1. The van der Waals surface area contributed by atoms with Gasteiger partial charge in [0.05, 0.1) is 23.5 Å². The van der Waals surface area contributed by atoms with Gasteiger partial charge in [0, 0.05) is 83.7 Å². The predicted molar refractivity (Wildman–Crippen MR) is 250 cm³/mol. The van der Waals surface area contributed by atoms with Crippen LogP contribution < -0.4 is 42.2 Å². The quantitative estimate of drug-likeness (QED) is 0.0779. The number of nitrogens with zero attached hydrogens (tertiary/aromatic N) is 6. The zero-order valence-corrected chi connectivity index (χ0v) is 37.0. The molecular formula is C48H46F2N12O6. The van der Waals surface area contributed by atoms with Crippen LogP contribution in [0, 0.1) is 60.0 Å². The summed E-state index contributed by atoms with van der Waals surface area (Å²) < 4.78 is 52.4. The predicted octanol–water partition coefficient (Wildman–Crippen LogP) is 8.74. The van der Waals surface area contributed by atoms with Gasteiger partial charge in [0.25, 0.3) is 0 Å². The van der Waals surface area contributed by atoms with Crippen LogP contribution in [0.4, 0.5) is 52.8 Å². The van der Waals surface area contributed by atoms with E-state index in [1.165, 1.54) is 12.4 Å². The number of fused-ring (bicyclic) bond motifs is 4. The van der Waals surface area contributed by atoms with Crippen molar-refractivity contribution < 1.29 is 37.3 Å². The molecule has 0 radical (unpaired) electrons. The molecule has 68 heavy (non-hydrogen) atoms. The minimum absolute atomic E-state index is 0.0338. The Morgan fingerprint density at radius 1 is 0.676 bits per heavy atom. The highest BCUT2D eigenvalue weighted by Crippen LogP contribution is 2.42. The van der Waals surface area contributed by atoms with E-state index in [4.69, 9.17) is 40.9 Å². The number of anilines is 6. The Morgan fingerprint density at radius 3 is 1.49 bits per heavy atom. The first-order valence-electron chi connectivity index (χ1n) is 22.1. The number of benzene rings is 2. The number of nitrogens with two attached hydrogens (primary N) is 2. The molecule has 2 aromatic carbocycles. The van der Waals surface area contributed by atoms with Gasteiger partial charge < -0.3 is 41.0 Å². The maximum absolute atomic E-state index is 15.3. The fourth-order valence-electron chi connectivity index (χ4n) is 8.81. The first kappa shape index (κ1) is 44.9. The van der Waals surface area contributed by atoms with Crippen molar-refractivity contribution in [1.29, 1.82) is 10.5 Å². The van der Waals surface area contributed by atoms with E-state index in [0.717, 1.165) is 22.5 Å². The van der Waals surface area contributed by atoms with Gasteiger partial charge in [-0.15, -0.1) is 0 Å². The number of carbonyl (C=O) groups excluding carboxylic acids is 2. The van der Waals surface area contributed by atoms with Crippen LogP contribution in [0.2, 0.25) is 0 Å². The third-order valence-corrected chi connectivity index (χ3v) is 12.6. The first-order valence-corrected chi connectivity index (χ1v) is 22.1. The molecule has 0 spiro atoms. The average Bonchev–Trinajstić information content (AvgIpc) is 3.31. The van der Waals surface area contributed by atoms with Crippen LogP contribution in [0.25, 0.3) is 43.8 Å². The van der Waals surface area contributed by atoms with Crippen molar-refractivity contribution in [2.45, 2.75) is 64.6 Å². The van der Waals surface area contributed by atoms with E-state index in [2.05, 4.69) is 53.3 Å². The van der Waals surface area contributed by atoms with Crippen LogP contribution in [0.15, 0.2) is 49.1 Å². The summed E-state index contributed by atoms with van der Waals surface area (Å²) in [5, 5.41) is 31.3. The largest absolute Gasteiger partial charge is 0.474 e. The highest BCUT2D eigenvalue weighted by Gasteiger charge is 2.33. The Labute approximate surface area is 388 Å². The van der Waals surface area contributed by atoms with Gasteiger partial charge in [-0.1, -0.05) is 0 Å². The highest BCUT2D eigenvalue weighted by atomic mass is 19.1. The molecule has 2 saturated carbocycles. The van der Waals surface area contributed by atoms with Gasteiger partial charge in [-0.05, 0) is 97.5 Å². The summed E-state index contributed by atoms with van der Waals surface area (Å²) in [6.45, 7) is 6.05. The number of hydrogen-bond donors (Lipinski definition) is 6. The lowest BCUT2D eigenvalue weighted by Crippen LogP contribution is -2.34. The van der Waals surface area contributed by atoms with Crippen molar-refractivity contribution in [3.63, 3.8) is 0 Å². The summed E-state index contributed by atoms with van der Waals surface area (Å²) in [7, 11) is 0. The topological polar surface area (TPSA) is 270 Å². The summed E-state index contributed by atoms with van der Waals surface area (Å²) >= 11 is 0. The van der Waals surface area contributed by atoms with E-state index in [0.29, 0.717) is 120 Å². The number of rotatable bonds is 8. The molecule has 10 rings (SSSR count). The second kappa shape index (κ2) is 18.9. The molecule has 6 aromatic rings. The second-order valence-corrected chi connectivity index (χ2v) is 17.1. The third-order valence-electron chi connectivity index (χ3n) is 12.6. The Balaban J connectivity index is 0.000000170. The zero-order valence-electron chi connectivity index (χ0n) is 37.0. The smallest absolute Gasteiger partial charge is 0.413 e. The minimum atomic E-state index is -0.622. The summed E-state index contributed by atoms with van der Waals surface area (Å²) in [6.07, 6.45) is 8.00. The maximum atomic E-state index is 15.3. The van der Waals surface area contributed by atoms with Crippen molar-refractivity contribution in [1.82, 2.24) is 19.9 Å². The monoisotopic (exact) mass is 924 g/mol. The number of halogens is 2. The number of nitrogen functional groups attached to an aromatic ring is 2. The van der Waals surface area contributed by atoms with Gasteiger partial charge in [0.2, 0.25) is 11.8 Å². The molecule has 2 amide bonds. The molecular weight excluding hydrogens is 879 g/mol. The van der Waals surface area contributed by atoms with Gasteiger partial charge in [0.1, 0.15) is 48.4 Å². The lowest BCUT2D eigenvalue weighted by molar-refractivity contribution is 0.0258. The Morgan fingerprint density at radius 2 is 1.09 bits per heavy atom. The number of carbonyl (C=O) groups is 2. The lowest BCUT2D eigenvalue weighted by atomic mass is 9.80. The molecule has 2 aliphatic heterocycles. The van der Waals surface area contributed by atoms with Crippen LogP contribution >= 0.6 is 0 Å². The number of ether oxygens (including phenoxy) is 4. The summed E-state index contributed by atoms with van der Waals surface area (Å²) in [4.78, 5) is 41.5. The number of aromatic nitrogens is 4. The average molecular weight is 925 g/mol. The van der Waals surface area contributed by atoms with Crippen LogP contribution in [0.1, 0.15) is 49.7 Å². The third kappa shape index (κ3) is 9.00. The fraction of sp³-hybridized carbons (Fsp3) is 0.333. The molecule has 348 valence electrons. The summed E-state index contributed by atoms with van der Waals surface area (Å²) in [6, 6.07) is 10.8. The maximum Gasteiger partial charge on any atom is 0.413 e. The van der Waals surface area contributed by atoms with Crippen LogP contribution in [0.5, 0.6) is 11.8 Å². The van der Waals surface area contributed by atoms with Crippen LogP contribution in [0.3, 0.4) is 0 Å². The SMILES string of the molecule is Cc1c(-c2cc3cc(NC(=O)OC4CC(CC#N)C4)ncc3c(N)c2F)cnc2c1NCCO2.Cc1c(-c2cc3cc(NC(=O)OC4CC(CC#N)C4)ncc3c(N)c2F)cnc2c1NCCO2. The lowest BCUT2D eigenvalue weighted by Gasteiger charge is -2.32. The Bertz CT molecular complexity index is 2870. The van der Waals surface area contributed by atoms with Gasteiger partial charge in [-0.3, -0.25) is 10.6 Å². The number of nitrogens with one attached hydrogen (secondary N) is 4. The Hall–Kier alpha value is -8.26. The molecule has 2 fully saturated rings. The molecule has 20 heteroatoms. The molecule has 8 N–H and O–H groups in total. The first-order chi connectivity index (χ1) is 32.9. The Kier molecular flexibility index (Phi) is 12.5. The molecule has 4 aliphatic rings. The van der Waals surface area contributed by atoms with Crippen molar-refractivity contribution in [3.05, 3.63) is 71.8 Å². The summed E-state index contributed by atoms with van der Waals surface area (Å²) in [5.74, 6) is 0.932. The van der Waals surface area contributed by atoms with E-state index in [1.807, 2.05) is 13.8 Å². The normalized spacial score (nSPS) is 18.6. The number of nitriles is 2. The molecule has 0 saturated heterocycles. The highest BCUT2D eigenvalue weighted by molar-refractivity contribution is 6.01. The van der Waals surface area contributed by atoms with E-state index in [9.17, 15) is 9.59 Å². The number of hydrogen-bond acceptors (Lipinski definition) is 16. The van der Waals surface area contributed by atoms with Gasteiger partial charge in [-0.25, -0.2) is 38.3 Å². The van der Waals surface area contributed by atoms with Crippen molar-refractivity contribution in [2.24, 2.45) is 11.8 Å². The van der Waals surface area contributed by atoms with Gasteiger partial charge in [0.15, 0.2) is 11.6 Å². The number of pyridine rings is 4. The molecule has 6 heterocycles. The van der Waals surface area contributed by atoms with Gasteiger partial charge >= 0.3 is 12.2 Å². The van der Waals surface area contributed by atoms with Crippen LogP contribution in [-0.2, 0) is 9.47 Å². The molecule has 4 aromatic heterocycles. The molecule has 0 atom stereocenters. The minimum Gasteiger partial charge on any atom is -0.474 e. The zero-order chi connectivity index (χ0) is 47.6. The molecule has 0 bridgehead atoms. The van der Waals surface area contributed by atoms with E-state index in [1.54, 1.807) is 36.7 Å². The summed E-state index contributed by atoms with van der Waals surface area (Å²) in [5.41, 5.74) is 17.0. The molecule has 2 aliphatic carbocycles. The standard InChI is InChI=1S/2C24H23FN6O3/c2*1-12-17(10-30-23-22(12)28-4-5-33-23)16-8-14-9-19(29-11-18(14)21(27)20(16)25)31-24(32)34-15-6-13(7-15)2-3-26/h2*8-11,13,15,28H,2,4-7,27H2,1H3,(H,29,31,32). The van der Waals surface area contributed by atoms with E-state index >= 15 is 8.78 Å². The van der Waals surface area contributed by atoms with Crippen molar-refractivity contribution in [3.8, 4) is 46.2 Å². The van der Waals surface area contributed by atoms with Crippen molar-refractivity contribution >= 4 is 68.1 Å². The number of amides is 2. The molecule has 18 nitrogen and oxygen atoms in total.